The van der Waals surface area contributed by atoms with Crippen LogP contribution in [-0.4, -0.2) is 23.0 Å². The van der Waals surface area contributed by atoms with Crippen LogP contribution in [0.4, 0.5) is 0 Å². The Morgan fingerprint density at radius 3 is 2.20 bits per heavy atom. The number of hydrogen-bond acceptors (Lipinski definition) is 3. The molecule has 0 spiro atoms. The van der Waals surface area contributed by atoms with E-state index in [1.54, 1.807) is 0 Å². The van der Waals surface area contributed by atoms with Gasteiger partial charge in [0, 0.05) is 6.42 Å². The SMILES string of the molecule is CCCCCCCCCC(=O)NC(C(N)=NO)C(C)C. The molecule has 0 heterocycles. The second-order valence-electron chi connectivity index (χ2n) is 5.69. The third-order valence-corrected chi connectivity index (χ3v) is 3.42. The molecule has 0 saturated carbocycles. The molecular weight excluding hydrogens is 254 g/mol. The fourth-order valence-corrected chi connectivity index (χ4v) is 2.13. The van der Waals surface area contributed by atoms with E-state index >= 15 is 0 Å². The predicted molar refractivity (Wildman–Crippen MR) is 82.8 cm³/mol. The van der Waals surface area contributed by atoms with E-state index in [-0.39, 0.29) is 17.7 Å². The first kappa shape index (κ1) is 18.7. The van der Waals surface area contributed by atoms with Crippen LogP contribution in [0.15, 0.2) is 5.16 Å². The summed E-state index contributed by atoms with van der Waals surface area (Å²) in [4.78, 5) is 11.8. The third-order valence-electron chi connectivity index (χ3n) is 3.42. The maximum atomic E-state index is 11.8. The summed E-state index contributed by atoms with van der Waals surface area (Å²) < 4.78 is 0. The molecule has 0 aliphatic heterocycles. The average Bonchev–Trinajstić information content (AvgIpc) is 2.42. The van der Waals surface area contributed by atoms with E-state index in [0.29, 0.717) is 6.42 Å². The first-order chi connectivity index (χ1) is 9.52. The van der Waals surface area contributed by atoms with Gasteiger partial charge in [0.2, 0.25) is 5.91 Å². The van der Waals surface area contributed by atoms with Crippen LogP contribution in [0.5, 0.6) is 0 Å². The minimum atomic E-state index is -0.392. The summed E-state index contributed by atoms with van der Waals surface area (Å²) in [5.41, 5.74) is 5.57. The topological polar surface area (TPSA) is 87.7 Å². The van der Waals surface area contributed by atoms with Crippen molar-refractivity contribution in [2.75, 3.05) is 0 Å². The van der Waals surface area contributed by atoms with Gasteiger partial charge in [0.05, 0.1) is 6.04 Å². The quantitative estimate of drug-likeness (QED) is 0.179. The zero-order chi connectivity index (χ0) is 15.4. The van der Waals surface area contributed by atoms with Crippen LogP contribution in [0.1, 0.15) is 72.1 Å². The second-order valence-corrected chi connectivity index (χ2v) is 5.69. The van der Waals surface area contributed by atoms with E-state index in [1.807, 2.05) is 13.8 Å². The standard InChI is InChI=1S/C15H31N3O2/c1-4-5-6-7-8-9-10-11-13(19)17-14(12(2)3)15(16)18-20/h12,14,20H,4-11H2,1-3H3,(H2,16,18)(H,17,19). The van der Waals surface area contributed by atoms with Gasteiger partial charge in [0.1, 0.15) is 0 Å². The number of nitrogens with two attached hydrogens (primary N) is 1. The molecule has 5 nitrogen and oxygen atoms in total. The molecule has 1 unspecified atom stereocenters. The number of carbonyl (C=O) groups is 1. The van der Waals surface area contributed by atoms with Crippen molar-refractivity contribution in [3.8, 4) is 0 Å². The van der Waals surface area contributed by atoms with Crippen molar-refractivity contribution < 1.29 is 10.0 Å². The smallest absolute Gasteiger partial charge is 0.220 e. The number of unbranched alkanes of at least 4 members (excludes halogenated alkanes) is 6. The van der Waals surface area contributed by atoms with Crippen LogP contribution in [-0.2, 0) is 4.79 Å². The highest BCUT2D eigenvalue weighted by Gasteiger charge is 2.20. The van der Waals surface area contributed by atoms with Crippen LogP contribution < -0.4 is 11.1 Å². The van der Waals surface area contributed by atoms with E-state index in [2.05, 4.69) is 17.4 Å². The first-order valence-electron chi connectivity index (χ1n) is 7.79. The number of carbonyl (C=O) groups excluding carboxylic acids is 1. The lowest BCUT2D eigenvalue weighted by Gasteiger charge is -2.20. The highest BCUT2D eigenvalue weighted by atomic mass is 16.4. The molecule has 0 radical (unpaired) electrons. The Kier molecular flexibility index (Phi) is 10.8. The molecule has 0 aliphatic rings. The lowest BCUT2D eigenvalue weighted by Crippen LogP contribution is -2.47. The van der Waals surface area contributed by atoms with E-state index in [9.17, 15) is 4.79 Å². The van der Waals surface area contributed by atoms with Gasteiger partial charge in [0.25, 0.3) is 0 Å². The summed E-state index contributed by atoms with van der Waals surface area (Å²) in [6.07, 6.45) is 8.81. The van der Waals surface area contributed by atoms with Gasteiger partial charge in [-0.2, -0.15) is 0 Å². The monoisotopic (exact) mass is 285 g/mol. The predicted octanol–water partition coefficient (Wildman–Crippen LogP) is 3.01. The molecule has 118 valence electrons. The van der Waals surface area contributed by atoms with Crippen LogP contribution in [0.3, 0.4) is 0 Å². The summed E-state index contributed by atoms with van der Waals surface area (Å²) in [5, 5.41) is 14.5. The molecule has 1 atom stereocenters. The number of nitrogens with zero attached hydrogens (tertiary/aromatic N) is 1. The Labute approximate surface area is 123 Å². The number of nitrogens with one attached hydrogen (secondary N) is 1. The molecule has 4 N–H and O–H groups in total. The molecule has 0 saturated heterocycles. The van der Waals surface area contributed by atoms with Crippen LogP contribution in [0, 0.1) is 5.92 Å². The highest BCUT2D eigenvalue weighted by Crippen LogP contribution is 2.09. The van der Waals surface area contributed by atoms with Crippen molar-refractivity contribution in [2.24, 2.45) is 16.8 Å². The Balaban J connectivity index is 3.81. The second kappa shape index (κ2) is 11.6. The molecule has 0 fully saturated rings. The maximum absolute atomic E-state index is 11.8. The van der Waals surface area contributed by atoms with Crippen molar-refractivity contribution in [2.45, 2.75) is 78.2 Å². The summed E-state index contributed by atoms with van der Waals surface area (Å²) in [6, 6.07) is -0.392. The van der Waals surface area contributed by atoms with Crippen molar-refractivity contribution >= 4 is 11.7 Å². The van der Waals surface area contributed by atoms with Crippen molar-refractivity contribution in [1.82, 2.24) is 5.32 Å². The van der Waals surface area contributed by atoms with Gasteiger partial charge in [0.15, 0.2) is 5.84 Å². The zero-order valence-corrected chi connectivity index (χ0v) is 13.2. The minimum Gasteiger partial charge on any atom is -0.409 e. The van der Waals surface area contributed by atoms with E-state index < -0.39 is 6.04 Å². The van der Waals surface area contributed by atoms with Crippen LogP contribution >= 0.6 is 0 Å². The molecule has 0 bridgehead atoms. The number of oxime groups is 1. The largest absolute Gasteiger partial charge is 0.409 e. The molecule has 0 aromatic carbocycles. The Hall–Kier alpha value is -1.26. The summed E-state index contributed by atoms with van der Waals surface area (Å²) in [5.74, 6) is 0.140. The first-order valence-corrected chi connectivity index (χ1v) is 7.79. The number of hydrogen-bond donors (Lipinski definition) is 3. The Morgan fingerprint density at radius 2 is 1.70 bits per heavy atom. The van der Waals surface area contributed by atoms with Crippen LogP contribution in [0.2, 0.25) is 0 Å². The fraction of sp³-hybridized carbons (Fsp3) is 0.867. The fourth-order valence-electron chi connectivity index (χ4n) is 2.13. The molecule has 0 aliphatic carbocycles. The zero-order valence-electron chi connectivity index (χ0n) is 13.2. The van der Waals surface area contributed by atoms with E-state index in [4.69, 9.17) is 10.9 Å². The molecule has 1 amide bonds. The highest BCUT2D eigenvalue weighted by molar-refractivity contribution is 5.90. The van der Waals surface area contributed by atoms with Gasteiger partial charge in [-0.05, 0) is 12.3 Å². The van der Waals surface area contributed by atoms with Crippen molar-refractivity contribution in [1.29, 1.82) is 0 Å². The Morgan fingerprint density at radius 1 is 1.15 bits per heavy atom. The van der Waals surface area contributed by atoms with Gasteiger partial charge < -0.3 is 16.3 Å². The summed E-state index contributed by atoms with van der Waals surface area (Å²) in [7, 11) is 0. The van der Waals surface area contributed by atoms with Crippen molar-refractivity contribution in [3.05, 3.63) is 0 Å². The van der Waals surface area contributed by atoms with Gasteiger partial charge in [-0.3, -0.25) is 4.79 Å². The molecule has 0 aromatic heterocycles. The van der Waals surface area contributed by atoms with Gasteiger partial charge in [-0.15, -0.1) is 0 Å². The number of amides is 1. The minimum absolute atomic E-state index is 0.0242. The lowest BCUT2D eigenvalue weighted by atomic mass is 10.0. The molecule has 20 heavy (non-hydrogen) atoms. The van der Waals surface area contributed by atoms with Crippen LogP contribution in [0.25, 0.3) is 0 Å². The van der Waals surface area contributed by atoms with Gasteiger partial charge in [-0.25, -0.2) is 0 Å². The van der Waals surface area contributed by atoms with Crippen molar-refractivity contribution in [3.63, 3.8) is 0 Å². The maximum Gasteiger partial charge on any atom is 0.220 e. The normalized spacial score (nSPS) is 13.5. The average molecular weight is 285 g/mol. The molecular formula is C15H31N3O2. The Bertz CT molecular complexity index is 291. The lowest BCUT2D eigenvalue weighted by molar-refractivity contribution is -0.121. The molecule has 5 heteroatoms. The van der Waals surface area contributed by atoms with E-state index in [1.165, 1.54) is 32.1 Å². The van der Waals surface area contributed by atoms with Gasteiger partial charge in [-0.1, -0.05) is 64.5 Å². The van der Waals surface area contributed by atoms with E-state index in [0.717, 1.165) is 12.8 Å². The molecule has 0 aromatic rings. The summed E-state index contributed by atoms with van der Waals surface area (Å²) >= 11 is 0. The number of amidine groups is 1. The summed E-state index contributed by atoms with van der Waals surface area (Å²) in [6.45, 7) is 6.06. The van der Waals surface area contributed by atoms with Gasteiger partial charge >= 0.3 is 0 Å². The third kappa shape index (κ3) is 8.77. The number of rotatable bonds is 11. The molecule has 0 rings (SSSR count).